The van der Waals surface area contributed by atoms with Crippen LogP contribution in [0, 0.1) is 0 Å². The Bertz CT molecular complexity index is 998. The minimum absolute atomic E-state index is 0.291. The molecule has 0 bridgehead atoms. The monoisotopic (exact) mass is 401 g/mol. The zero-order valence-corrected chi connectivity index (χ0v) is 16.7. The van der Waals surface area contributed by atoms with Crippen molar-refractivity contribution in [1.29, 1.82) is 0 Å². The highest BCUT2D eigenvalue weighted by atomic mass is 16.5. The van der Waals surface area contributed by atoms with E-state index >= 15 is 0 Å². The molecule has 5 heteroatoms. The van der Waals surface area contributed by atoms with Crippen molar-refractivity contribution in [3.63, 3.8) is 0 Å². The van der Waals surface area contributed by atoms with E-state index in [9.17, 15) is 14.4 Å². The second-order valence-corrected chi connectivity index (χ2v) is 6.92. The summed E-state index contributed by atoms with van der Waals surface area (Å²) in [6.07, 6.45) is 0.291. The minimum atomic E-state index is -0.849. The normalized spacial score (nSPS) is 11.4. The molecule has 3 rings (SSSR count). The van der Waals surface area contributed by atoms with Crippen LogP contribution < -0.4 is 5.32 Å². The molecular formula is C25H23NO4. The summed E-state index contributed by atoms with van der Waals surface area (Å²) in [5, 5.41) is 2.59. The Balaban J connectivity index is 1.60. The van der Waals surface area contributed by atoms with E-state index in [-0.39, 0.29) is 18.3 Å². The van der Waals surface area contributed by atoms with E-state index in [0.29, 0.717) is 12.0 Å². The van der Waals surface area contributed by atoms with Gasteiger partial charge in [-0.3, -0.25) is 9.59 Å². The third-order valence-electron chi connectivity index (χ3n) is 4.60. The number of carbonyl (C=O) groups excluding carboxylic acids is 3. The molecule has 152 valence electrons. The van der Waals surface area contributed by atoms with E-state index in [1.807, 2.05) is 72.8 Å². The number of amides is 1. The summed E-state index contributed by atoms with van der Waals surface area (Å²) in [4.78, 5) is 36.4. The molecule has 5 nitrogen and oxygen atoms in total. The first-order chi connectivity index (χ1) is 14.5. The summed E-state index contributed by atoms with van der Waals surface area (Å²) in [5.74, 6) is -1.27. The molecule has 0 heterocycles. The molecule has 0 radical (unpaired) electrons. The Morgan fingerprint density at radius 1 is 0.800 bits per heavy atom. The number of Topliss-reactive ketones (excluding diaryl/α,β-unsaturated/α-hetero) is 1. The predicted molar refractivity (Wildman–Crippen MR) is 115 cm³/mol. The SMILES string of the molecule is CC(=O)NC(Cc1ccccc1)C(=O)OCC(=O)c1ccc(-c2ccccc2)cc1. The van der Waals surface area contributed by atoms with Crippen LogP contribution in [0.4, 0.5) is 0 Å². The predicted octanol–water partition coefficient (Wildman–Crippen LogP) is 3.83. The van der Waals surface area contributed by atoms with Crippen molar-refractivity contribution >= 4 is 17.7 Å². The molecule has 0 aromatic heterocycles. The van der Waals surface area contributed by atoms with Crippen LogP contribution in [0.15, 0.2) is 84.9 Å². The van der Waals surface area contributed by atoms with Gasteiger partial charge in [-0.25, -0.2) is 4.79 Å². The molecule has 0 fully saturated rings. The summed E-state index contributed by atoms with van der Waals surface area (Å²) in [5.41, 5.74) is 3.40. The standard InChI is InChI=1S/C25H23NO4/c1-18(27)26-23(16-19-8-4-2-5-9-19)25(29)30-17-24(28)22-14-12-21(13-15-22)20-10-6-3-7-11-20/h2-15,23H,16-17H2,1H3,(H,26,27). The molecular weight excluding hydrogens is 378 g/mol. The Morgan fingerprint density at radius 3 is 1.97 bits per heavy atom. The second-order valence-electron chi connectivity index (χ2n) is 6.92. The van der Waals surface area contributed by atoms with Crippen molar-refractivity contribution in [2.75, 3.05) is 6.61 Å². The molecule has 0 aliphatic heterocycles. The van der Waals surface area contributed by atoms with E-state index in [1.165, 1.54) is 6.92 Å². The van der Waals surface area contributed by atoms with Gasteiger partial charge in [-0.15, -0.1) is 0 Å². The van der Waals surface area contributed by atoms with Crippen molar-refractivity contribution in [1.82, 2.24) is 5.32 Å². The maximum atomic E-state index is 12.5. The van der Waals surface area contributed by atoms with Crippen LogP contribution >= 0.6 is 0 Å². The first kappa shape index (κ1) is 21.0. The molecule has 0 saturated carbocycles. The Labute approximate surface area is 175 Å². The van der Waals surface area contributed by atoms with E-state index in [1.54, 1.807) is 12.1 Å². The van der Waals surface area contributed by atoms with Gasteiger partial charge in [0, 0.05) is 18.9 Å². The van der Waals surface area contributed by atoms with Crippen LogP contribution in [-0.4, -0.2) is 30.3 Å². The number of ketones is 1. The molecule has 3 aromatic carbocycles. The third kappa shape index (κ3) is 5.88. The van der Waals surface area contributed by atoms with E-state index in [0.717, 1.165) is 16.7 Å². The molecule has 0 aliphatic carbocycles. The van der Waals surface area contributed by atoms with Crippen LogP contribution in [0.2, 0.25) is 0 Å². The van der Waals surface area contributed by atoms with Crippen LogP contribution in [0.5, 0.6) is 0 Å². The Hall–Kier alpha value is -3.73. The van der Waals surface area contributed by atoms with Crippen molar-refractivity contribution in [3.8, 4) is 11.1 Å². The smallest absolute Gasteiger partial charge is 0.329 e. The van der Waals surface area contributed by atoms with Crippen LogP contribution in [0.25, 0.3) is 11.1 Å². The number of nitrogens with one attached hydrogen (secondary N) is 1. The Kier molecular flexibility index (Phi) is 7.11. The number of hydrogen-bond donors (Lipinski definition) is 1. The molecule has 30 heavy (non-hydrogen) atoms. The van der Waals surface area contributed by atoms with Gasteiger partial charge in [-0.2, -0.15) is 0 Å². The largest absolute Gasteiger partial charge is 0.456 e. The summed E-state index contributed by atoms with van der Waals surface area (Å²) < 4.78 is 5.21. The average molecular weight is 401 g/mol. The lowest BCUT2D eigenvalue weighted by molar-refractivity contribution is -0.146. The van der Waals surface area contributed by atoms with E-state index in [2.05, 4.69) is 5.32 Å². The van der Waals surface area contributed by atoms with Gasteiger partial charge in [0.15, 0.2) is 12.4 Å². The maximum absolute atomic E-state index is 12.5. The molecule has 0 spiro atoms. The number of benzene rings is 3. The lowest BCUT2D eigenvalue weighted by Gasteiger charge is -2.16. The highest BCUT2D eigenvalue weighted by Gasteiger charge is 2.22. The van der Waals surface area contributed by atoms with Gasteiger partial charge < -0.3 is 10.1 Å². The van der Waals surface area contributed by atoms with Crippen LogP contribution in [-0.2, 0) is 20.7 Å². The molecule has 1 unspecified atom stereocenters. The second kappa shape index (κ2) is 10.2. The van der Waals surface area contributed by atoms with Gasteiger partial charge >= 0.3 is 5.97 Å². The topological polar surface area (TPSA) is 72.5 Å². The fourth-order valence-electron chi connectivity index (χ4n) is 3.09. The van der Waals surface area contributed by atoms with Crippen molar-refractivity contribution in [2.24, 2.45) is 0 Å². The lowest BCUT2D eigenvalue weighted by atomic mass is 10.0. The highest BCUT2D eigenvalue weighted by Crippen LogP contribution is 2.19. The minimum Gasteiger partial charge on any atom is -0.456 e. The van der Waals surface area contributed by atoms with E-state index in [4.69, 9.17) is 4.74 Å². The number of ether oxygens (including phenoxy) is 1. The molecule has 1 atom stereocenters. The van der Waals surface area contributed by atoms with Crippen molar-refractivity contribution in [2.45, 2.75) is 19.4 Å². The highest BCUT2D eigenvalue weighted by molar-refractivity contribution is 5.98. The molecule has 1 N–H and O–H groups in total. The van der Waals surface area contributed by atoms with Gasteiger partial charge in [0.1, 0.15) is 6.04 Å². The van der Waals surface area contributed by atoms with Crippen molar-refractivity contribution in [3.05, 3.63) is 96.1 Å². The van der Waals surface area contributed by atoms with Gasteiger partial charge in [0.05, 0.1) is 0 Å². The number of hydrogen-bond acceptors (Lipinski definition) is 4. The quantitative estimate of drug-likeness (QED) is 0.460. The lowest BCUT2D eigenvalue weighted by Crippen LogP contribution is -2.42. The fraction of sp³-hybridized carbons (Fsp3) is 0.160. The van der Waals surface area contributed by atoms with Crippen LogP contribution in [0.1, 0.15) is 22.8 Å². The fourth-order valence-corrected chi connectivity index (χ4v) is 3.09. The van der Waals surface area contributed by atoms with E-state index < -0.39 is 12.0 Å². The molecule has 0 saturated heterocycles. The van der Waals surface area contributed by atoms with Crippen LogP contribution in [0.3, 0.4) is 0 Å². The molecule has 1 amide bonds. The third-order valence-corrected chi connectivity index (χ3v) is 4.60. The number of carbonyl (C=O) groups is 3. The Morgan fingerprint density at radius 2 is 1.37 bits per heavy atom. The van der Waals surface area contributed by atoms with Crippen molar-refractivity contribution < 1.29 is 19.1 Å². The first-order valence-corrected chi connectivity index (χ1v) is 9.69. The van der Waals surface area contributed by atoms with Gasteiger partial charge in [-0.05, 0) is 16.7 Å². The summed E-state index contributed by atoms with van der Waals surface area (Å²) >= 11 is 0. The summed E-state index contributed by atoms with van der Waals surface area (Å²) in [6.45, 7) is 0.957. The van der Waals surface area contributed by atoms with Gasteiger partial charge in [0.25, 0.3) is 0 Å². The molecule has 3 aromatic rings. The number of esters is 1. The summed E-state index contributed by atoms with van der Waals surface area (Å²) in [6, 6.07) is 25.5. The summed E-state index contributed by atoms with van der Waals surface area (Å²) in [7, 11) is 0. The first-order valence-electron chi connectivity index (χ1n) is 9.69. The zero-order valence-electron chi connectivity index (χ0n) is 16.7. The molecule has 0 aliphatic rings. The van der Waals surface area contributed by atoms with Gasteiger partial charge in [0.2, 0.25) is 5.91 Å². The zero-order chi connectivity index (χ0) is 21.3. The van der Waals surface area contributed by atoms with Gasteiger partial charge in [-0.1, -0.05) is 84.9 Å². The average Bonchev–Trinajstić information content (AvgIpc) is 2.78. The maximum Gasteiger partial charge on any atom is 0.329 e. The number of rotatable bonds is 8.